The molecule has 1 saturated carbocycles. The van der Waals surface area contributed by atoms with Gasteiger partial charge in [-0.05, 0) is 37.3 Å². The van der Waals surface area contributed by atoms with Gasteiger partial charge in [-0.25, -0.2) is 0 Å². The first-order valence-electron chi connectivity index (χ1n) is 6.22. The lowest BCUT2D eigenvalue weighted by Crippen LogP contribution is -2.43. The van der Waals surface area contributed by atoms with Crippen LogP contribution < -0.4 is 5.32 Å². The molecule has 2 aliphatic rings. The van der Waals surface area contributed by atoms with Crippen molar-refractivity contribution < 1.29 is 0 Å². The van der Waals surface area contributed by atoms with E-state index in [1.165, 1.54) is 12.8 Å². The first-order chi connectivity index (χ1) is 8.29. The van der Waals surface area contributed by atoms with E-state index in [0.717, 1.165) is 22.7 Å². The van der Waals surface area contributed by atoms with Crippen molar-refractivity contribution in [3.05, 3.63) is 41.5 Å². The molecular formula is C15H16N2. The lowest BCUT2D eigenvalue weighted by molar-refractivity contribution is 0.218. The van der Waals surface area contributed by atoms with Crippen molar-refractivity contribution in [1.82, 2.24) is 0 Å². The first kappa shape index (κ1) is 10.4. The summed E-state index contributed by atoms with van der Waals surface area (Å²) in [5.41, 5.74) is 2.84. The van der Waals surface area contributed by atoms with E-state index in [2.05, 4.69) is 23.5 Å². The molecule has 0 bridgehead atoms. The number of rotatable bonds is 2. The minimum atomic E-state index is 0.521. The second-order valence-corrected chi connectivity index (χ2v) is 5.10. The summed E-state index contributed by atoms with van der Waals surface area (Å²) in [6, 6.07) is 8.83. The summed E-state index contributed by atoms with van der Waals surface area (Å²) in [7, 11) is 0. The number of nitrogens with zero attached hydrogens (tertiary/aromatic N) is 1. The quantitative estimate of drug-likeness (QED) is 0.783. The molecule has 0 aromatic heterocycles. The number of hydrogen-bond donors (Lipinski definition) is 1. The largest absolute Gasteiger partial charge is 0.381 e. The van der Waals surface area contributed by atoms with Crippen molar-refractivity contribution in [2.75, 3.05) is 5.32 Å². The van der Waals surface area contributed by atoms with Crippen molar-refractivity contribution in [3.8, 4) is 6.07 Å². The number of benzene rings is 1. The highest BCUT2D eigenvalue weighted by molar-refractivity contribution is 5.61. The van der Waals surface area contributed by atoms with E-state index >= 15 is 0 Å². The lowest BCUT2D eigenvalue weighted by Gasteiger charge is -2.41. The number of aryl methyl sites for hydroxylation is 1. The number of nitriles is 1. The van der Waals surface area contributed by atoms with Crippen LogP contribution >= 0.6 is 0 Å². The Morgan fingerprint density at radius 1 is 1.41 bits per heavy atom. The summed E-state index contributed by atoms with van der Waals surface area (Å²) in [6.07, 6.45) is 7.09. The second-order valence-electron chi connectivity index (χ2n) is 5.10. The maximum atomic E-state index is 9.19. The molecule has 1 aromatic rings. The molecule has 0 saturated heterocycles. The standard InChI is InChI=1S/C15H16N2/c1-10-4-2-7-14(13(10)9-16)17-15-8-11-5-3-6-12(11)15/h2-4,6-7,11-12,15,17H,5,8H2,1H3. The third-order valence-electron chi connectivity index (χ3n) is 4.09. The molecule has 17 heavy (non-hydrogen) atoms. The van der Waals surface area contributed by atoms with Crippen LogP contribution in [0.5, 0.6) is 0 Å². The molecule has 0 heterocycles. The summed E-state index contributed by atoms with van der Waals surface area (Å²) < 4.78 is 0. The summed E-state index contributed by atoms with van der Waals surface area (Å²) in [5, 5.41) is 12.7. The summed E-state index contributed by atoms with van der Waals surface area (Å²) in [5.74, 6) is 1.53. The van der Waals surface area contributed by atoms with Gasteiger partial charge >= 0.3 is 0 Å². The van der Waals surface area contributed by atoms with Crippen LogP contribution in [0.1, 0.15) is 24.0 Å². The highest BCUT2D eigenvalue weighted by Gasteiger charge is 2.41. The zero-order chi connectivity index (χ0) is 11.8. The van der Waals surface area contributed by atoms with Gasteiger partial charge in [0, 0.05) is 12.0 Å². The van der Waals surface area contributed by atoms with E-state index in [1.54, 1.807) is 0 Å². The minimum Gasteiger partial charge on any atom is -0.381 e. The molecular weight excluding hydrogens is 208 g/mol. The Balaban J connectivity index is 1.80. The minimum absolute atomic E-state index is 0.521. The molecule has 3 unspecified atom stereocenters. The van der Waals surface area contributed by atoms with Crippen LogP contribution in [-0.2, 0) is 0 Å². The average Bonchev–Trinajstić information content (AvgIpc) is 2.68. The predicted octanol–water partition coefficient (Wildman–Crippen LogP) is 3.24. The number of allylic oxidation sites excluding steroid dienone is 1. The Kier molecular flexibility index (Phi) is 2.40. The van der Waals surface area contributed by atoms with E-state index in [-0.39, 0.29) is 0 Å². The molecule has 0 amide bonds. The fourth-order valence-electron chi connectivity index (χ4n) is 3.02. The smallest absolute Gasteiger partial charge is 0.102 e. The molecule has 3 rings (SSSR count). The molecule has 0 aliphatic heterocycles. The Labute approximate surface area is 102 Å². The molecule has 1 fully saturated rings. The SMILES string of the molecule is Cc1cccc(NC2CC3CC=CC32)c1C#N. The van der Waals surface area contributed by atoms with Gasteiger partial charge in [-0.3, -0.25) is 0 Å². The highest BCUT2D eigenvalue weighted by atomic mass is 15.0. The number of fused-ring (bicyclic) bond motifs is 1. The number of anilines is 1. The van der Waals surface area contributed by atoms with Crippen LogP contribution in [0, 0.1) is 30.1 Å². The van der Waals surface area contributed by atoms with Gasteiger partial charge in [0.15, 0.2) is 0 Å². The van der Waals surface area contributed by atoms with Crippen molar-refractivity contribution >= 4 is 5.69 Å². The Hall–Kier alpha value is -1.75. The number of nitrogens with one attached hydrogen (secondary N) is 1. The fourth-order valence-corrected chi connectivity index (χ4v) is 3.02. The third-order valence-corrected chi connectivity index (χ3v) is 4.09. The molecule has 1 N–H and O–H groups in total. The van der Waals surface area contributed by atoms with Crippen LogP contribution in [0.4, 0.5) is 5.69 Å². The van der Waals surface area contributed by atoms with Gasteiger partial charge in [-0.1, -0.05) is 24.3 Å². The van der Waals surface area contributed by atoms with Crippen molar-refractivity contribution in [2.24, 2.45) is 11.8 Å². The van der Waals surface area contributed by atoms with E-state index in [0.29, 0.717) is 12.0 Å². The molecule has 0 radical (unpaired) electrons. The highest BCUT2D eigenvalue weighted by Crippen LogP contribution is 2.44. The van der Waals surface area contributed by atoms with Gasteiger partial charge in [0.05, 0.1) is 11.3 Å². The van der Waals surface area contributed by atoms with Crippen LogP contribution in [-0.4, -0.2) is 6.04 Å². The normalized spacial score (nSPS) is 29.3. The zero-order valence-corrected chi connectivity index (χ0v) is 9.98. The van der Waals surface area contributed by atoms with Gasteiger partial charge in [0.2, 0.25) is 0 Å². The van der Waals surface area contributed by atoms with E-state index in [9.17, 15) is 5.26 Å². The molecule has 1 aromatic carbocycles. The van der Waals surface area contributed by atoms with E-state index < -0.39 is 0 Å². The van der Waals surface area contributed by atoms with Crippen molar-refractivity contribution in [1.29, 1.82) is 5.26 Å². The summed E-state index contributed by atoms with van der Waals surface area (Å²) in [4.78, 5) is 0. The lowest BCUT2D eigenvalue weighted by atomic mass is 9.71. The van der Waals surface area contributed by atoms with Gasteiger partial charge in [-0.2, -0.15) is 5.26 Å². The molecule has 0 spiro atoms. The molecule has 2 nitrogen and oxygen atoms in total. The van der Waals surface area contributed by atoms with Gasteiger partial charge < -0.3 is 5.32 Å². The summed E-state index contributed by atoms with van der Waals surface area (Å²) in [6.45, 7) is 1.99. The van der Waals surface area contributed by atoms with Gasteiger partial charge in [0.25, 0.3) is 0 Å². The third kappa shape index (κ3) is 1.63. The average molecular weight is 224 g/mol. The van der Waals surface area contributed by atoms with Crippen molar-refractivity contribution in [3.63, 3.8) is 0 Å². The van der Waals surface area contributed by atoms with E-state index in [4.69, 9.17) is 0 Å². The Morgan fingerprint density at radius 2 is 2.29 bits per heavy atom. The Morgan fingerprint density at radius 3 is 3.06 bits per heavy atom. The molecule has 2 aliphatic carbocycles. The van der Waals surface area contributed by atoms with Gasteiger partial charge in [0.1, 0.15) is 6.07 Å². The maximum Gasteiger partial charge on any atom is 0.102 e. The monoisotopic (exact) mass is 224 g/mol. The number of hydrogen-bond acceptors (Lipinski definition) is 2. The van der Waals surface area contributed by atoms with Crippen LogP contribution in [0.25, 0.3) is 0 Å². The first-order valence-corrected chi connectivity index (χ1v) is 6.22. The van der Waals surface area contributed by atoms with Crippen LogP contribution in [0.3, 0.4) is 0 Å². The molecule has 3 atom stereocenters. The predicted molar refractivity (Wildman–Crippen MR) is 68.7 cm³/mol. The van der Waals surface area contributed by atoms with Crippen LogP contribution in [0.15, 0.2) is 30.4 Å². The second kappa shape index (κ2) is 3.92. The van der Waals surface area contributed by atoms with Crippen molar-refractivity contribution in [2.45, 2.75) is 25.8 Å². The molecule has 2 heteroatoms. The topological polar surface area (TPSA) is 35.8 Å². The maximum absolute atomic E-state index is 9.19. The Bertz CT molecular complexity index is 510. The van der Waals surface area contributed by atoms with Gasteiger partial charge in [-0.15, -0.1) is 0 Å². The molecule has 86 valence electrons. The summed E-state index contributed by atoms with van der Waals surface area (Å²) >= 11 is 0. The van der Waals surface area contributed by atoms with E-state index in [1.807, 2.05) is 25.1 Å². The zero-order valence-electron chi connectivity index (χ0n) is 9.98. The van der Waals surface area contributed by atoms with Crippen LogP contribution in [0.2, 0.25) is 0 Å². The fraction of sp³-hybridized carbons (Fsp3) is 0.400.